The Bertz CT molecular complexity index is 331. The average molecular weight is 196 g/mol. The molecule has 1 aromatic rings. The van der Waals surface area contributed by atoms with Gasteiger partial charge in [0, 0.05) is 13.0 Å². The molecule has 4 heteroatoms. The van der Waals surface area contributed by atoms with Gasteiger partial charge in [-0.3, -0.25) is 9.48 Å². The van der Waals surface area contributed by atoms with Crippen LogP contribution in [-0.2, 0) is 13.7 Å². The Morgan fingerprint density at radius 3 is 2.79 bits per heavy atom. The second-order valence-electron chi connectivity index (χ2n) is 3.48. The average Bonchev–Trinajstić information content (AvgIpc) is 2.57. The van der Waals surface area contributed by atoms with Gasteiger partial charge in [-0.15, -0.1) is 0 Å². The van der Waals surface area contributed by atoms with Crippen molar-refractivity contribution in [3.05, 3.63) is 17.5 Å². The molecule has 0 radical (unpaired) electrons. The molecule has 14 heavy (non-hydrogen) atoms. The van der Waals surface area contributed by atoms with Gasteiger partial charge in [0.25, 0.3) is 0 Å². The molecule has 0 saturated heterocycles. The molecule has 1 rings (SSSR count). The van der Waals surface area contributed by atoms with Crippen LogP contribution in [0.25, 0.3) is 0 Å². The minimum absolute atomic E-state index is 0.00329. The second-order valence-corrected chi connectivity index (χ2v) is 3.48. The van der Waals surface area contributed by atoms with Gasteiger partial charge in [0.15, 0.2) is 5.78 Å². The molecule has 0 aliphatic carbocycles. The van der Waals surface area contributed by atoms with E-state index in [0.717, 1.165) is 6.42 Å². The monoisotopic (exact) mass is 196 g/mol. The predicted molar refractivity (Wildman–Crippen MR) is 52.9 cm³/mol. The quantitative estimate of drug-likeness (QED) is 0.735. The number of aryl methyl sites for hydroxylation is 1. The topological polar surface area (TPSA) is 55.1 Å². The highest BCUT2D eigenvalue weighted by Gasteiger charge is 2.17. The molecule has 1 heterocycles. The lowest BCUT2D eigenvalue weighted by molar-refractivity contribution is 0.0921. The van der Waals surface area contributed by atoms with Crippen molar-refractivity contribution in [2.45, 2.75) is 26.9 Å². The van der Waals surface area contributed by atoms with Crippen LogP contribution in [0.1, 0.15) is 36.5 Å². The number of aromatic nitrogens is 2. The van der Waals surface area contributed by atoms with Crippen LogP contribution in [0.2, 0.25) is 0 Å². The number of ketones is 1. The van der Waals surface area contributed by atoms with Crippen molar-refractivity contribution in [1.29, 1.82) is 0 Å². The van der Waals surface area contributed by atoms with E-state index in [-0.39, 0.29) is 18.3 Å². The van der Waals surface area contributed by atoms with E-state index in [1.54, 1.807) is 13.1 Å². The molecular formula is C10H16N2O2. The van der Waals surface area contributed by atoms with E-state index in [9.17, 15) is 4.79 Å². The number of hydrogen-bond donors (Lipinski definition) is 1. The maximum absolute atomic E-state index is 11.7. The Hall–Kier alpha value is -1.16. The first-order valence-corrected chi connectivity index (χ1v) is 4.78. The Morgan fingerprint density at radius 2 is 2.36 bits per heavy atom. The van der Waals surface area contributed by atoms with Crippen molar-refractivity contribution < 1.29 is 9.90 Å². The van der Waals surface area contributed by atoms with Crippen molar-refractivity contribution in [1.82, 2.24) is 9.78 Å². The fraction of sp³-hybridized carbons (Fsp3) is 0.600. The molecule has 0 spiro atoms. The lowest BCUT2D eigenvalue weighted by Crippen LogP contribution is -2.11. The minimum atomic E-state index is -0.0860. The fourth-order valence-electron chi connectivity index (χ4n) is 1.21. The smallest absolute Gasteiger partial charge is 0.185 e. The number of rotatable bonds is 4. The summed E-state index contributed by atoms with van der Waals surface area (Å²) in [5.41, 5.74) is 1.11. The summed E-state index contributed by atoms with van der Waals surface area (Å²) in [5, 5.41) is 13.0. The Labute approximate surface area is 83.5 Å². The number of hydrogen-bond acceptors (Lipinski definition) is 3. The largest absolute Gasteiger partial charge is 0.390 e. The fourth-order valence-corrected chi connectivity index (χ4v) is 1.21. The van der Waals surface area contributed by atoms with Gasteiger partial charge >= 0.3 is 0 Å². The molecule has 0 saturated carbocycles. The van der Waals surface area contributed by atoms with Crippen molar-refractivity contribution in [2.24, 2.45) is 13.0 Å². The Kier molecular flexibility index (Phi) is 3.41. The first-order chi connectivity index (χ1) is 6.60. The lowest BCUT2D eigenvalue weighted by atomic mass is 10.0. The summed E-state index contributed by atoms with van der Waals surface area (Å²) >= 11 is 0. The van der Waals surface area contributed by atoms with E-state index >= 15 is 0 Å². The van der Waals surface area contributed by atoms with Crippen LogP contribution in [0, 0.1) is 5.92 Å². The van der Waals surface area contributed by atoms with Crippen LogP contribution in [0.15, 0.2) is 6.07 Å². The van der Waals surface area contributed by atoms with Gasteiger partial charge in [-0.1, -0.05) is 13.8 Å². The third-order valence-corrected chi connectivity index (χ3v) is 2.45. The Morgan fingerprint density at radius 1 is 1.71 bits per heavy atom. The minimum Gasteiger partial charge on any atom is -0.390 e. The highest BCUT2D eigenvalue weighted by Crippen LogP contribution is 2.11. The van der Waals surface area contributed by atoms with Gasteiger partial charge in [0.05, 0.1) is 12.3 Å². The van der Waals surface area contributed by atoms with E-state index in [2.05, 4.69) is 5.10 Å². The molecule has 0 bridgehead atoms. The van der Waals surface area contributed by atoms with Gasteiger partial charge in [-0.05, 0) is 12.5 Å². The molecule has 1 aromatic heterocycles. The molecule has 0 aromatic carbocycles. The van der Waals surface area contributed by atoms with E-state index in [4.69, 9.17) is 5.11 Å². The zero-order valence-corrected chi connectivity index (χ0v) is 8.82. The normalized spacial score (nSPS) is 12.9. The predicted octanol–water partition coefficient (Wildman–Crippen LogP) is 1.14. The van der Waals surface area contributed by atoms with Gasteiger partial charge in [0.1, 0.15) is 5.69 Å². The van der Waals surface area contributed by atoms with Gasteiger partial charge in [0.2, 0.25) is 0 Å². The number of carbonyl (C=O) groups excluding carboxylic acids is 1. The third kappa shape index (κ3) is 2.01. The maximum atomic E-state index is 11.7. The molecular weight excluding hydrogens is 180 g/mol. The maximum Gasteiger partial charge on any atom is 0.185 e. The van der Waals surface area contributed by atoms with Crippen molar-refractivity contribution in [3.63, 3.8) is 0 Å². The van der Waals surface area contributed by atoms with E-state index in [1.807, 2.05) is 13.8 Å². The van der Waals surface area contributed by atoms with Gasteiger partial charge in [-0.2, -0.15) is 5.10 Å². The van der Waals surface area contributed by atoms with Crippen LogP contribution < -0.4 is 0 Å². The summed E-state index contributed by atoms with van der Waals surface area (Å²) in [6.07, 6.45) is 0.809. The summed E-state index contributed by atoms with van der Waals surface area (Å²) in [6, 6.07) is 1.65. The summed E-state index contributed by atoms with van der Waals surface area (Å²) in [7, 11) is 1.72. The van der Waals surface area contributed by atoms with Crippen LogP contribution in [0.5, 0.6) is 0 Å². The summed E-state index contributed by atoms with van der Waals surface area (Å²) in [4.78, 5) is 11.7. The number of carbonyl (C=O) groups is 1. The van der Waals surface area contributed by atoms with Crippen LogP contribution >= 0.6 is 0 Å². The standard InChI is InChI=1S/C10H16N2O2/c1-4-7(2)10(14)9-5-8(6-13)12(3)11-9/h5,7,13H,4,6H2,1-3H3. The van der Waals surface area contributed by atoms with Crippen LogP contribution in [-0.4, -0.2) is 20.7 Å². The molecule has 0 amide bonds. The molecule has 1 N–H and O–H groups in total. The van der Waals surface area contributed by atoms with E-state index < -0.39 is 0 Å². The van der Waals surface area contributed by atoms with E-state index in [1.165, 1.54) is 4.68 Å². The number of Topliss-reactive ketones (excluding diaryl/α,β-unsaturated/α-hetero) is 1. The molecule has 0 aliphatic heterocycles. The second kappa shape index (κ2) is 4.37. The SMILES string of the molecule is CCC(C)C(=O)c1cc(CO)n(C)n1. The summed E-state index contributed by atoms with van der Waals surface area (Å²) in [6.45, 7) is 3.77. The van der Waals surface area contributed by atoms with Gasteiger partial charge in [-0.25, -0.2) is 0 Å². The summed E-state index contributed by atoms with van der Waals surface area (Å²) < 4.78 is 1.54. The van der Waals surface area contributed by atoms with E-state index in [0.29, 0.717) is 11.4 Å². The molecule has 1 unspecified atom stereocenters. The zero-order valence-electron chi connectivity index (χ0n) is 8.82. The van der Waals surface area contributed by atoms with Crippen LogP contribution in [0.3, 0.4) is 0 Å². The van der Waals surface area contributed by atoms with Gasteiger partial charge < -0.3 is 5.11 Å². The number of aliphatic hydroxyl groups is 1. The van der Waals surface area contributed by atoms with Crippen molar-refractivity contribution in [3.8, 4) is 0 Å². The molecule has 0 aliphatic rings. The molecule has 1 atom stereocenters. The highest BCUT2D eigenvalue weighted by atomic mass is 16.3. The first-order valence-electron chi connectivity index (χ1n) is 4.78. The van der Waals surface area contributed by atoms with Crippen LogP contribution in [0.4, 0.5) is 0 Å². The van der Waals surface area contributed by atoms with Crippen molar-refractivity contribution >= 4 is 5.78 Å². The first kappa shape index (κ1) is 10.9. The molecule has 78 valence electrons. The van der Waals surface area contributed by atoms with Crippen molar-refractivity contribution in [2.75, 3.05) is 0 Å². The number of nitrogens with zero attached hydrogens (tertiary/aromatic N) is 2. The summed E-state index contributed by atoms with van der Waals surface area (Å²) in [5.74, 6) is 0.0410. The number of aliphatic hydroxyl groups excluding tert-OH is 1. The highest BCUT2D eigenvalue weighted by molar-refractivity contribution is 5.95. The Balaban J connectivity index is 2.91. The zero-order chi connectivity index (χ0) is 10.7. The third-order valence-electron chi connectivity index (χ3n) is 2.45. The molecule has 0 fully saturated rings. The molecule has 4 nitrogen and oxygen atoms in total. The lowest BCUT2D eigenvalue weighted by Gasteiger charge is -2.02.